The number of methoxy groups -OCH3 is 1. The molecule has 1 aromatic heterocycles. The van der Waals surface area contributed by atoms with E-state index in [1.807, 2.05) is 43.5 Å². The molecule has 3 rings (SSSR count). The van der Waals surface area contributed by atoms with Crippen LogP contribution in [0.4, 0.5) is 5.69 Å². The highest BCUT2D eigenvalue weighted by Crippen LogP contribution is 2.24. The summed E-state index contributed by atoms with van der Waals surface area (Å²) in [7, 11) is 1.65. The number of rotatable bonds is 9. The van der Waals surface area contributed by atoms with E-state index >= 15 is 0 Å². The summed E-state index contributed by atoms with van der Waals surface area (Å²) >= 11 is 0. The van der Waals surface area contributed by atoms with Gasteiger partial charge in [-0.25, -0.2) is 0 Å². The molecule has 7 heteroatoms. The molecule has 7 nitrogen and oxygen atoms in total. The standard InChI is InChI=1S/C22H28N2O5/c1-3-27-22(25)9-8-20-15-24(10-11-28-20)18-12-21(14-23-13-18)29-16-17-4-6-19(26-2)7-5-17/h4-7,12-14,20H,3,8-11,15-16H2,1-2H3/t20-/m0/s1. The number of carbonyl (C=O) groups is 1. The lowest BCUT2D eigenvalue weighted by atomic mass is 10.1. The Morgan fingerprint density at radius 2 is 2.07 bits per heavy atom. The first-order chi connectivity index (χ1) is 14.2. The highest BCUT2D eigenvalue weighted by molar-refractivity contribution is 5.69. The van der Waals surface area contributed by atoms with Crippen LogP contribution in [0.3, 0.4) is 0 Å². The molecule has 1 saturated heterocycles. The monoisotopic (exact) mass is 400 g/mol. The maximum absolute atomic E-state index is 11.6. The van der Waals surface area contributed by atoms with Crippen molar-refractivity contribution in [3.8, 4) is 11.5 Å². The number of morpholine rings is 1. The van der Waals surface area contributed by atoms with E-state index < -0.39 is 0 Å². The van der Waals surface area contributed by atoms with Crippen LogP contribution in [0.5, 0.6) is 11.5 Å². The summed E-state index contributed by atoms with van der Waals surface area (Å²) in [5.74, 6) is 1.36. The van der Waals surface area contributed by atoms with Gasteiger partial charge in [-0.05, 0) is 31.0 Å². The molecule has 0 spiro atoms. The molecule has 0 amide bonds. The highest BCUT2D eigenvalue weighted by atomic mass is 16.5. The quantitative estimate of drug-likeness (QED) is 0.599. The van der Waals surface area contributed by atoms with Crippen LogP contribution in [0, 0.1) is 0 Å². The summed E-state index contributed by atoms with van der Waals surface area (Å²) in [6.45, 7) is 4.78. The fourth-order valence-electron chi connectivity index (χ4n) is 3.19. The zero-order valence-corrected chi connectivity index (χ0v) is 17.0. The molecule has 156 valence electrons. The topological polar surface area (TPSA) is 70.1 Å². The molecule has 1 aliphatic rings. The van der Waals surface area contributed by atoms with Crippen LogP contribution < -0.4 is 14.4 Å². The minimum atomic E-state index is -0.177. The van der Waals surface area contributed by atoms with E-state index in [9.17, 15) is 4.79 Å². The van der Waals surface area contributed by atoms with E-state index in [1.165, 1.54) is 0 Å². The maximum atomic E-state index is 11.6. The Morgan fingerprint density at radius 3 is 2.83 bits per heavy atom. The third-order valence-corrected chi connectivity index (χ3v) is 4.74. The van der Waals surface area contributed by atoms with Crippen molar-refractivity contribution in [2.45, 2.75) is 32.5 Å². The molecular weight excluding hydrogens is 372 g/mol. The van der Waals surface area contributed by atoms with Crippen LogP contribution >= 0.6 is 0 Å². The molecule has 0 N–H and O–H groups in total. The Morgan fingerprint density at radius 1 is 1.24 bits per heavy atom. The summed E-state index contributed by atoms with van der Waals surface area (Å²) < 4.78 is 21.9. The first kappa shape index (κ1) is 20.9. The summed E-state index contributed by atoms with van der Waals surface area (Å²) in [5, 5.41) is 0. The molecule has 0 aliphatic carbocycles. The fraction of sp³-hybridized carbons (Fsp3) is 0.455. The van der Waals surface area contributed by atoms with Gasteiger partial charge in [-0.15, -0.1) is 0 Å². The molecule has 29 heavy (non-hydrogen) atoms. The number of esters is 1. The zero-order chi connectivity index (χ0) is 20.5. The lowest BCUT2D eigenvalue weighted by molar-refractivity contribution is -0.144. The Bertz CT molecular complexity index is 781. The molecule has 0 bridgehead atoms. The van der Waals surface area contributed by atoms with E-state index in [2.05, 4.69) is 9.88 Å². The largest absolute Gasteiger partial charge is 0.497 e. The van der Waals surface area contributed by atoms with Crippen molar-refractivity contribution in [1.82, 2.24) is 4.98 Å². The summed E-state index contributed by atoms with van der Waals surface area (Å²) in [6, 6.07) is 9.78. The van der Waals surface area contributed by atoms with Crippen molar-refractivity contribution < 1.29 is 23.7 Å². The average molecular weight is 400 g/mol. The number of aromatic nitrogens is 1. The van der Waals surface area contributed by atoms with Crippen LogP contribution in [0.15, 0.2) is 42.7 Å². The molecular formula is C22H28N2O5. The molecule has 0 saturated carbocycles. The van der Waals surface area contributed by atoms with Crippen LogP contribution in [-0.4, -0.2) is 50.5 Å². The van der Waals surface area contributed by atoms with Crippen LogP contribution in [0.2, 0.25) is 0 Å². The predicted octanol–water partition coefficient (Wildman–Crippen LogP) is 3.22. The van der Waals surface area contributed by atoms with Gasteiger partial charge in [-0.3, -0.25) is 9.78 Å². The normalized spacial score (nSPS) is 16.3. The van der Waals surface area contributed by atoms with Gasteiger partial charge in [0.1, 0.15) is 18.1 Å². The summed E-state index contributed by atoms with van der Waals surface area (Å²) in [5.41, 5.74) is 2.04. The van der Waals surface area contributed by atoms with E-state index in [-0.39, 0.29) is 12.1 Å². The Hall–Kier alpha value is -2.80. The van der Waals surface area contributed by atoms with Gasteiger partial charge in [0, 0.05) is 25.6 Å². The molecule has 0 unspecified atom stereocenters. The SMILES string of the molecule is CCOC(=O)CC[C@H]1CN(c2cncc(OCc3ccc(OC)cc3)c2)CCO1. The first-order valence-corrected chi connectivity index (χ1v) is 9.91. The van der Waals surface area contributed by atoms with E-state index in [0.717, 1.165) is 23.5 Å². The minimum Gasteiger partial charge on any atom is -0.497 e. The van der Waals surface area contributed by atoms with Gasteiger partial charge in [-0.2, -0.15) is 0 Å². The molecule has 1 aliphatic heterocycles. The number of pyridine rings is 1. The highest BCUT2D eigenvalue weighted by Gasteiger charge is 2.22. The van der Waals surface area contributed by atoms with Crippen LogP contribution in [0.1, 0.15) is 25.3 Å². The number of hydrogen-bond donors (Lipinski definition) is 0. The number of carbonyl (C=O) groups excluding carboxylic acids is 1. The fourth-order valence-corrected chi connectivity index (χ4v) is 3.19. The number of ether oxygens (including phenoxy) is 4. The molecule has 2 heterocycles. The number of anilines is 1. The summed E-state index contributed by atoms with van der Waals surface area (Å²) in [6.07, 6.45) is 4.56. The smallest absolute Gasteiger partial charge is 0.305 e. The van der Waals surface area contributed by atoms with Crippen molar-refractivity contribution in [2.75, 3.05) is 38.3 Å². The molecule has 1 fully saturated rings. The van der Waals surface area contributed by atoms with Gasteiger partial charge < -0.3 is 23.8 Å². The lowest BCUT2D eigenvalue weighted by Crippen LogP contribution is -2.42. The van der Waals surface area contributed by atoms with E-state index in [4.69, 9.17) is 18.9 Å². The first-order valence-electron chi connectivity index (χ1n) is 9.91. The van der Waals surface area contributed by atoms with Gasteiger partial charge in [0.05, 0.1) is 44.5 Å². The Balaban J connectivity index is 1.54. The van der Waals surface area contributed by atoms with Crippen LogP contribution in [0.25, 0.3) is 0 Å². The summed E-state index contributed by atoms with van der Waals surface area (Å²) in [4.78, 5) is 18.1. The Labute approximate surface area is 171 Å². The van der Waals surface area contributed by atoms with Crippen molar-refractivity contribution in [3.63, 3.8) is 0 Å². The number of hydrogen-bond acceptors (Lipinski definition) is 7. The molecule has 0 radical (unpaired) electrons. The van der Waals surface area contributed by atoms with E-state index in [1.54, 1.807) is 13.3 Å². The van der Waals surface area contributed by atoms with E-state index in [0.29, 0.717) is 45.0 Å². The lowest BCUT2D eigenvalue weighted by Gasteiger charge is -2.34. The third kappa shape index (κ3) is 6.35. The average Bonchev–Trinajstić information content (AvgIpc) is 2.77. The van der Waals surface area contributed by atoms with Crippen molar-refractivity contribution in [3.05, 3.63) is 48.3 Å². The molecule has 1 atom stereocenters. The number of benzene rings is 1. The second-order valence-corrected chi connectivity index (χ2v) is 6.80. The molecule has 1 aromatic carbocycles. The van der Waals surface area contributed by atoms with Crippen molar-refractivity contribution in [2.24, 2.45) is 0 Å². The third-order valence-electron chi connectivity index (χ3n) is 4.74. The van der Waals surface area contributed by atoms with Crippen molar-refractivity contribution >= 4 is 11.7 Å². The maximum Gasteiger partial charge on any atom is 0.305 e. The van der Waals surface area contributed by atoms with Crippen molar-refractivity contribution in [1.29, 1.82) is 0 Å². The van der Waals surface area contributed by atoms with Gasteiger partial charge in [0.2, 0.25) is 0 Å². The van der Waals surface area contributed by atoms with Crippen LogP contribution in [-0.2, 0) is 20.9 Å². The zero-order valence-electron chi connectivity index (χ0n) is 17.0. The predicted molar refractivity (Wildman–Crippen MR) is 109 cm³/mol. The van der Waals surface area contributed by atoms with Gasteiger partial charge in [-0.1, -0.05) is 12.1 Å². The Kier molecular flexibility index (Phi) is 7.69. The van der Waals surface area contributed by atoms with Gasteiger partial charge in [0.15, 0.2) is 0 Å². The number of nitrogens with zero attached hydrogens (tertiary/aromatic N) is 2. The molecule has 2 aromatic rings. The van der Waals surface area contributed by atoms with Gasteiger partial charge >= 0.3 is 5.97 Å². The minimum absolute atomic E-state index is 0.00275. The second kappa shape index (κ2) is 10.7. The van der Waals surface area contributed by atoms with Gasteiger partial charge in [0.25, 0.3) is 0 Å². The second-order valence-electron chi connectivity index (χ2n) is 6.80.